The second kappa shape index (κ2) is 6.60. The molecule has 6 heteroatoms. The molecule has 0 N–H and O–H groups in total. The van der Waals surface area contributed by atoms with Gasteiger partial charge in [-0.1, -0.05) is 41.9 Å². The number of carbonyl (C=O) groups excluding carboxylic acids is 1. The highest BCUT2D eigenvalue weighted by atomic mass is 35.5. The van der Waals surface area contributed by atoms with Gasteiger partial charge in [0.25, 0.3) is 0 Å². The number of fused-ring (bicyclic) bond motifs is 1. The lowest BCUT2D eigenvalue weighted by molar-refractivity contribution is -0.135. The van der Waals surface area contributed by atoms with E-state index in [0.29, 0.717) is 16.8 Å². The predicted molar refractivity (Wildman–Crippen MR) is 108 cm³/mol. The number of pyridine rings is 1. The first kappa shape index (κ1) is 17.2. The van der Waals surface area contributed by atoms with Crippen LogP contribution in [0, 0.1) is 0 Å². The van der Waals surface area contributed by atoms with Gasteiger partial charge in [0, 0.05) is 40.1 Å². The largest absolute Gasteiger partial charge is 0.446 e. The first-order valence-electron chi connectivity index (χ1n) is 9.31. The molecule has 0 saturated heterocycles. The molecule has 1 atom stereocenters. The quantitative estimate of drug-likeness (QED) is 0.631. The summed E-state index contributed by atoms with van der Waals surface area (Å²) >= 11 is 6.00. The van der Waals surface area contributed by atoms with Gasteiger partial charge in [-0.25, -0.2) is 0 Å². The smallest absolute Gasteiger partial charge is 0.243 e. The van der Waals surface area contributed by atoms with E-state index in [-0.39, 0.29) is 5.91 Å². The van der Waals surface area contributed by atoms with E-state index >= 15 is 0 Å². The number of aromatic nitrogens is 1. The van der Waals surface area contributed by atoms with Crippen molar-refractivity contribution in [2.45, 2.75) is 31.9 Å². The zero-order chi connectivity index (χ0) is 19.3. The van der Waals surface area contributed by atoms with E-state index in [4.69, 9.17) is 21.3 Å². The van der Waals surface area contributed by atoms with Gasteiger partial charge in [-0.05, 0) is 37.1 Å². The molecule has 5 rings (SSSR count). The van der Waals surface area contributed by atoms with Crippen molar-refractivity contribution >= 4 is 34.3 Å². The third-order valence-electron chi connectivity index (χ3n) is 5.08. The minimum absolute atomic E-state index is 0.185. The van der Waals surface area contributed by atoms with E-state index in [2.05, 4.69) is 11.2 Å². The molecule has 3 aromatic rings. The minimum Gasteiger partial charge on any atom is -0.446 e. The van der Waals surface area contributed by atoms with Crippen molar-refractivity contribution in [2.24, 2.45) is 5.10 Å². The summed E-state index contributed by atoms with van der Waals surface area (Å²) in [4.78, 5) is 17.0. The molecule has 0 spiro atoms. The third-order valence-corrected chi connectivity index (χ3v) is 5.34. The van der Waals surface area contributed by atoms with Gasteiger partial charge in [0.05, 0.1) is 5.52 Å². The van der Waals surface area contributed by atoms with Gasteiger partial charge in [0.2, 0.25) is 18.0 Å². The maximum absolute atomic E-state index is 12.2. The molecule has 0 bridgehead atoms. The molecular formula is C22H18ClN3O2. The van der Waals surface area contributed by atoms with Gasteiger partial charge in [0.15, 0.2) is 0 Å². The Bertz CT molecular complexity index is 1110. The lowest BCUT2D eigenvalue weighted by Crippen LogP contribution is -2.25. The summed E-state index contributed by atoms with van der Waals surface area (Å²) < 4.78 is 6.19. The summed E-state index contributed by atoms with van der Waals surface area (Å²) in [6.45, 7) is 1.49. The molecule has 1 amide bonds. The van der Waals surface area contributed by atoms with Crippen molar-refractivity contribution in [3.63, 3.8) is 0 Å². The van der Waals surface area contributed by atoms with Gasteiger partial charge in [-0.3, -0.25) is 9.78 Å². The number of carbonyl (C=O) groups is 1. The van der Waals surface area contributed by atoms with Crippen LogP contribution in [0.25, 0.3) is 10.9 Å². The van der Waals surface area contributed by atoms with Gasteiger partial charge in [-0.2, -0.15) is 5.01 Å². The number of ether oxygens (including phenoxy) is 1. The topological polar surface area (TPSA) is 54.8 Å². The Labute approximate surface area is 167 Å². The zero-order valence-corrected chi connectivity index (χ0v) is 16.1. The second-order valence-electron chi connectivity index (χ2n) is 7.18. The van der Waals surface area contributed by atoms with Crippen molar-refractivity contribution < 1.29 is 9.53 Å². The first-order valence-corrected chi connectivity index (χ1v) is 9.68. The molecule has 1 unspecified atom stereocenters. The molecule has 5 nitrogen and oxygen atoms in total. The molecule has 1 aliphatic carbocycles. The Morgan fingerprint density at radius 1 is 1.14 bits per heavy atom. The second-order valence-corrected chi connectivity index (χ2v) is 7.61. The average Bonchev–Trinajstić information content (AvgIpc) is 3.46. The van der Waals surface area contributed by atoms with E-state index < -0.39 is 6.23 Å². The number of hydrazone groups is 1. The SMILES string of the molecule is CC(=O)N1N=C(c2cc(C3CC3)nc3ccccc23)OC1c1ccc(Cl)cc1. The summed E-state index contributed by atoms with van der Waals surface area (Å²) in [6.07, 6.45) is 1.71. The lowest BCUT2D eigenvalue weighted by Gasteiger charge is -2.19. The summed E-state index contributed by atoms with van der Waals surface area (Å²) in [5, 5.41) is 7.50. The number of benzene rings is 2. The molecule has 0 radical (unpaired) electrons. The van der Waals surface area contributed by atoms with Crippen molar-refractivity contribution in [1.29, 1.82) is 0 Å². The van der Waals surface area contributed by atoms with E-state index in [1.54, 1.807) is 12.1 Å². The number of hydrogen-bond acceptors (Lipinski definition) is 4. The normalized spacial score (nSPS) is 18.9. The molecule has 2 aliphatic rings. The number of para-hydroxylation sites is 1. The molecular weight excluding hydrogens is 374 g/mol. The summed E-state index contributed by atoms with van der Waals surface area (Å²) in [7, 11) is 0. The molecule has 28 heavy (non-hydrogen) atoms. The number of rotatable bonds is 3. The molecule has 140 valence electrons. The molecule has 2 heterocycles. The van der Waals surface area contributed by atoms with Crippen LogP contribution in [0.15, 0.2) is 59.7 Å². The lowest BCUT2D eigenvalue weighted by atomic mass is 10.1. The highest BCUT2D eigenvalue weighted by molar-refractivity contribution is 6.30. The molecule has 1 aliphatic heterocycles. The maximum Gasteiger partial charge on any atom is 0.243 e. The Morgan fingerprint density at radius 3 is 2.61 bits per heavy atom. The Kier molecular flexibility index (Phi) is 4.05. The standard InChI is InChI=1S/C22H18ClN3O2/c1-13(27)26-22(15-8-10-16(23)11-9-15)28-21(25-26)18-12-20(14-6-7-14)24-19-5-3-2-4-17(18)19/h2-5,8-12,14,22H,6-7H2,1H3. The predicted octanol–water partition coefficient (Wildman–Crippen LogP) is 5.00. The van der Waals surface area contributed by atoms with Crippen LogP contribution in [0.2, 0.25) is 5.02 Å². The summed E-state index contributed by atoms with van der Waals surface area (Å²) in [5.41, 5.74) is 3.66. The number of hydrogen-bond donors (Lipinski definition) is 0. The number of amides is 1. The van der Waals surface area contributed by atoms with Crippen LogP contribution >= 0.6 is 11.6 Å². The summed E-state index contributed by atoms with van der Waals surface area (Å²) in [6, 6.07) is 17.3. The third kappa shape index (κ3) is 3.02. The van der Waals surface area contributed by atoms with Gasteiger partial charge in [-0.15, -0.1) is 5.10 Å². The monoisotopic (exact) mass is 391 g/mol. The van der Waals surface area contributed by atoms with Crippen molar-refractivity contribution in [3.8, 4) is 0 Å². The van der Waals surface area contributed by atoms with Gasteiger partial charge >= 0.3 is 0 Å². The van der Waals surface area contributed by atoms with E-state index in [1.807, 2.05) is 36.4 Å². The highest BCUT2D eigenvalue weighted by Gasteiger charge is 2.34. The van der Waals surface area contributed by atoms with E-state index in [9.17, 15) is 4.79 Å². The van der Waals surface area contributed by atoms with Gasteiger partial charge < -0.3 is 4.74 Å². The molecule has 2 aromatic carbocycles. The number of halogens is 1. The van der Waals surface area contributed by atoms with E-state index in [1.165, 1.54) is 11.9 Å². The fourth-order valence-corrected chi connectivity index (χ4v) is 3.61. The Morgan fingerprint density at radius 2 is 1.89 bits per heavy atom. The van der Waals surface area contributed by atoms with Crippen LogP contribution < -0.4 is 0 Å². The molecule has 1 aromatic heterocycles. The Balaban J connectivity index is 1.60. The summed E-state index contributed by atoms with van der Waals surface area (Å²) in [5.74, 6) is 0.757. The van der Waals surface area contributed by atoms with Crippen LogP contribution in [0.3, 0.4) is 0 Å². The molecule has 1 saturated carbocycles. The van der Waals surface area contributed by atoms with Crippen LogP contribution in [0.4, 0.5) is 0 Å². The van der Waals surface area contributed by atoms with E-state index in [0.717, 1.165) is 40.6 Å². The maximum atomic E-state index is 12.2. The van der Waals surface area contributed by atoms with Crippen LogP contribution in [0.1, 0.15) is 48.7 Å². The van der Waals surface area contributed by atoms with Crippen LogP contribution in [0.5, 0.6) is 0 Å². The highest BCUT2D eigenvalue weighted by Crippen LogP contribution is 2.41. The van der Waals surface area contributed by atoms with Crippen LogP contribution in [-0.4, -0.2) is 21.8 Å². The van der Waals surface area contributed by atoms with Crippen LogP contribution in [-0.2, 0) is 9.53 Å². The number of nitrogens with zero attached hydrogens (tertiary/aromatic N) is 3. The van der Waals surface area contributed by atoms with Crippen molar-refractivity contribution in [2.75, 3.05) is 0 Å². The average molecular weight is 392 g/mol. The minimum atomic E-state index is -0.610. The molecule has 1 fully saturated rings. The fraction of sp³-hybridized carbons (Fsp3) is 0.227. The zero-order valence-electron chi connectivity index (χ0n) is 15.3. The van der Waals surface area contributed by atoms with Crippen molar-refractivity contribution in [1.82, 2.24) is 9.99 Å². The Hall–Kier alpha value is -2.92. The van der Waals surface area contributed by atoms with Crippen molar-refractivity contribution in [3.05, 3.63) is 76.4 Å². The van der Waals surface area contributed by atoms with Gasteiger partial charge in [0.1, 0.15) is 0 Å². The fourth-order valence-electron chi connectivity index (χ4n) is 3.48. The first-order chi connectivity index (χ1) is 13.6.